The topological polar surface area (TPSA) is 37.8 Å². The van der Waals surface area contributed by atoms with Crippen molar-refractivity contribution >= 4 is 0 Å². The molecule has 1 N–H and O–H groups in total. The third-order valence-corrected chi connectivity index (χ3v) is 2.99. The Balaban J connectivity index is 2.27. The van der Waals surface area contributed by atoms with Crippen molar-refractivity contribution in [2.24, 2.45) is 5.92 Å². The summed E-state index contributed by atoms with van der Waals surface area (Å²) in [5.74, 6) is 0.812. The molecular weight excluding hydrogens is 186 g/mol. The fourth-order valence-electron chi connectivity index (χ4n) is 2.06. The molecule has 0 spiro atoms. The molecule has 82 valence electrons. The normalized spacial score (nSPS) is 17.8. The zero-order valence-electron chi connectivity index (χ0n) is 9.75. The minimum absolute atomic E-state index is 0.490. The monoisotopic (exact) mass is 205 g/mol. The number of aryl methyl sites for hydroxylation is 2. The molecule has 1 aliphatic carbocycles. The Kier molecular flexibility index (Phi) is 3.00. The molecule has 0 saturated heterocycles. The molecule has 0 aliphatic heterocycles. The van der Waals surface area contributed by atoms with Crippen molar-refractivity contribution in [3.63, 3.8) is 0 Å². The second-order valence-corrected chi connectivity index (χ2v) is 4.40. The van der Waals surface area contributed by atoms with Crippen molar-refractivity contribution in [2.75, 3.05) is 6.54 Å². The summed E-state index contributed by atoms with van der Waals surface area (Å²) in [7, 11) is 0. The molecule has 1 saturated carbocycles. The Morgan fingerprint density at radius 1 is 1.40 bits per heavy atom. The molecule has 3 heteroatoms. The zero-order chi connectivity index (χ0) is 10.8. The first-order valence-electron chi connectivity index (χ1n) is 5.76. The van der Waals surface area contributed by atoms with Gasteiger partial charge in [0, 0.05) is 6.04 Å². The third-order valence-electron chi connectivity index (χ3n) is 2.99. The molecule has 2 rings (SSSR count). The van der Waals surface area contributed by atoms with Crippen molar-refractivity contribution in [1.82, 2.24) is 15.5 Å². The van der Waals surface area contributed by atoms with E-state index in [9.17, 15) is 0 Å². The molecular formula is C12H19N3. The molecule has 3 nitrogen and oxygen atoms in total. The molecule has 1 heterocycles. The minimum Gasteiger partial charge on any atom is -0.310 e. The highest BCUT2D eigenvalue weighted by molar-refractivity contribution is 5.25. The smallest absolute Gasteiger partial charge is 0.0648 e. The summed E-state index contributed by atoms with van der Waals surface area (Å²) in [4.78, 5) is 0. The van der Waals surface area contributed by atoms with E-state index in [1.165, 1.54) is 18.4 Å². The van der Waals surface area contributed by atoms with E-state index in [1.54, 1.807) is 0 Å². The fourth-order valence-corrected chi connectivity index (χ4v) is 2.06. The van der Waals surface area contributed by atoms with Crippen LogP contribution in [0.3, 0.4) is 0 Å². The van der Waals surface area contributed by atoms with E-state index < -0.39 is 0 Å². The van der Waals surface area contributed by atoms with Crippen LogP contribution in [-0.2, 0) is 0 Å². The van der Waals surface area contributed by atoms with E-state index in [-0.39, 0.29) is 0 Å². The number of hydrogen-bond donors (Lipinski definition) is 1. The van der Waals surface area contributed by atoms with Crippen LogP contribution in [0, 0.1) is 19.8 Å². The van der Waals surface area contributed by atoms with Gasteiger partial charge in [0.1, 0.15) is 0 Å². The maximum atomic E-state index is 4.20. The predicted octanol–water partition coefficient (Wildman–Crippen LogP) is 2.15. The number of rotatable bonds is 4. The van der Waals surface area contributed by atoms with Crippen molar-refractivity contribution in [3.8, 4) is 0 Å². The van der Waals surface area contributed by atoms with Crippen LogP contribution in [-0.4, -0.2) is 16.7 Å². The molecule has 1 atom stereocenters. The van der Waals surface area contributed by atoms with E-state index >= 15 is 0 Å². The highest BCUT2D eigenvalue weighted by Gasteiger charge is 2.32. The largest absolute Gasteiger partial charge is 0.310 e. The number of nitrogens with one attached hydrogen (secondary N) is 1. The Hall–Kier alpha value is -0.960. The summed E-state index contributed by atoms with van der Waals surface area (Å²) in [6.45, 7) is 7.23. The van der Waals surface area contributed by atoms with Gasteiger partial charge >= 0.3 is 0 Å². The van der Waals surface area contributed by atoms with Gasteiger partial charge in [-0.15, -0.1) is 0 Å². The maximum absolute atomic E-state index is 4.20. The highest BCUT2D eigenvalue weighted by atomic mass is 15.1. The van der Waals surface area contributed by atoms with Gasteiger partial charge in [-0.25, -0.2) is 0 Å². The first-order valence-corrected chi connectivity index (χ1v) is 5.76. The summed E-state index contributed by atoms with van der Waals surface area (Å²) >= 11 is 0. The van der Waals surface area contributed by atoms with Gasteiger partial charge in [-0.3, -0.25) is 0 Å². The van der Waals surface area contributed by atoms with Crippen LogP contribution < -0.4 is 5.32 Å². The summed E-state index contributed by atoms with van der Waals surface area (Å²) in [5, 5.41) is 11.8. The van der Waals surface area contributed by atoms with E-state index in [0.717, 1.165) is 23.9 Å². The van der Waals surface area contributed by atoms with Crippen molar-refractivity contribution in [1.29, 1.82) is 0 Å². The lowest BCUT2D eigenvalue weighted by Gasteiger charge is -2.19. The molecule has 0 radical (unpaired) electrons. The lowest BCUT2D eigenvalue weighted by molar-refractivity contribution is 0.490. The van der Waals surface area contributed by atoms with Crippen LogP contribution >= 0.6 is 0 Å². The van der Waals surface area contributed by atoms with Gasteiger partial charge in [-0.2, -0.15) is 10.2 Å². The zero-order valence-corrected chi connectivity index (χ0v) is 9.75. The summed E-state index contributed by atoms with van der Waals surface area (Å²) in [5.41, 5.74) is 3.42. The van der Waals surface area contributed by atoms with Crippen LogP contribution in [0.5, 0.6) is 0 Å². The van der Waals surface area contributed by atoms with Crippen molar-refractivity contribution in [3.05, 3.63) is 23.0 Å². The van der Waals surface area contributed by atoms with Crippen molar-refractivity contribution < 1.29 is 0 Å². The Morgan fingerprint density at radius 2 is 2.13 bits per heavy atom. The number of aromatic nitrogens is 2. The molecule has 0 aromatic carbocycles. The van der Waals surface area contributed by atoms with Crippen LogP contribution in [0.15, 0.2) is 6.07 Å². The molecule has 15 heavy (non-hydrogen) atoms. The highest BCUT2D eigenvalue weighted by Crippen LogP contribution is 2.41. The van der Waals surface area contributed by atoms with Gasteiger partial charge in [0.25, 0.3) is 0 Å². The first kappa shape index (κ1) is 10.6. The predicted molar refractivity (Wildman–Crippen MR) is 60.6 cm³/mol. The second kappa shape index (κ2) is 4.27. The standard InChI is InChI=1S/C12H19N3/c1-4-13-12(10-5-6-10)11-7-8(2)14-15-9(11)3/h7,10,12-13H,4-6H2,1-3H3. The maximum Gasteiger partial charge on any atom is 0.0648 e. The Morgan fingerprint density at radius 3 is 2.73 bits per heavy atom. The molecule has 1 aromatic rings. The van der Waals surface area contributed by atoms with Gasteiger partial charge in [-0.1, -0.05) is 6.92 Å². The van der Waals surface area contributed by atoms with Crippen LogP contribution in [0.4, 0.5) is 0 Å². The average Bonchev–Trinajstić information content (AvgIpc) is 3.02. The van der Waals surface area contributed by atoms with Gasteiger partial charge in [0.15, 0.2) is 0 Å². The lowest BCUT2D eigenvalue weighted by atomic mass is 10.0. The van der Waals surface area contributed by atoms with Crippen LogP contribution in [0.25, 0.3) is 0 Å². The molecule has 1 unspecified atom stereocenters. The minimum atomic E-state index is 0.490. The lowest BCUT2D eigenvalue weighted by Crippen LogP contribution is -2.24. The fraction of sp³-hybridized carbons (Fsp3) is 0.667. The van der Waals surface area contributed by atoms with Gasteiger partial charge in [-0.05, 0) is 50.8 Å². The summed E-state index contributed by atoms with van der Waals surface area (Å²) in [6, 6.07) is 2.66. The third kappa shape index (κ3) is 2.34. The van der Waals surface area contributed by atoms with Gasteiger partial charge in [0.05, 0.1) is 11.4 Å². The summed E-state index contributed by atoms with van der Waals surface area (Å²) in [6.07, 6.45) is 2.69. The van der Waals surface area contributed by atoms with Gasteiger partial charge in [0.2, 0.25) is 0 Å². The summed E-state index contributed by atoms with van der Waals surface area (Å²) < 4.78 is 0. The molecule has 1 aliphatic rings. The van der Waals surface area contributed by atoms with E-state index in [4.69, 9.17) is 0 Å². The van der Waals surface area contributed by atoms with E-state index in [0.29, 0.717) is 6.04 Å². The van der Waals surface area contributed by atoms with Crippen LogP contribution in [0.2, 0.25) is 0 Å². The number of nitrogens with zero attached hydrogens (tertiary/aromatic N) is 2. The second-order valence-electron chi connectivity index (χ2n) is 4.40. The molecule has 0 bridgehead atoms. The molecule has 1 aromatic heterocycles. The van der Waals surface area contributed by atoms with Crippen molar-refractivity contribution in [2.45, 2.75) is 39.7 Å². The van der Waals surface area contributed by atoms with E-state index in [1.807, 2.05) is 6.92 Å². The Labute approximate surface area is 91.3 Å². The Bertz CT molecular complexity index is 345. The molecule has 0 amide bonds. The number of hydrogen-bond acceptors (Lipinski definition) is 3. The van der Waals surface area contributed by atoms with Gasteiger partial charge < -0.3 is 5.32 Å². The van der Waals surface area contributed by atoms with Crippen LogP contribution in [0.1, 0.15) is 42.8 Å². The average molecular weight is 205 g/mol. The first-order chi connectivity index (χ1) is 7.22. The molecule has 1 fully saturated rings. The quantitative estimate of drug-likeness (QED) is 0.818. The van der Waals surface area contributed by atoms with E-state index in [2.05, 4.69) is 35.4 Å². The SMILES string of the molecule is CCNC(c1cc(C)nnc1C)C1CC1.